The van der Waals surface area contributed by atoms with Crippen LogP contribution in [0.25, 0.3) is 0 Å². The summed E-state index contributed by atoms with van der Waals surface area (Å²) in [6.45, 7) is 2.84. The van der Waals surface area contributed by atoms with Crippen LogP contribution in [0.1, 0.15) is 30.6 Å². The number of halogens is 1. The second-order valence-electron chi connectivity index (χ2n) is 3.89. The molecule has 0 aliphatic heterocycles. The maximum absolute atomic E-state index is 5.99. The monoisotopic (exact) mass is 250 g/mol. The molecular weight excluding hydrogens is 236 g/mol. The topological polar surface area (TPSA) is 38.1 Å². The van der Waals surface area contributed by atoms with Crippen LogP contribution in [-0.2, 0) is 6.54 Å². The molecule has 2 aromatic rings. The summed E-state index contributed by atoms with van der Waals surface area (Å²) in [6, 6.07) is 10.1. The first-order valence-corrected chi connectivity index (χ1v) is 6.05. The highest BCUT2D eigenvalue weighted by atomic mass is 35.5. The van der Waals surface area contributed by atoms with E-state index in [2.05, 4.69) is 23.5 Å². The third-order valence-electron chi connectivity index (χ3n) is 2.68. The first-order chi connectivity index (χ1) is 8.29. The Morgan fingerprint density at radius 1 is 1.41 bits per heavy atom. The van der Waals surface area contributed by atoms with Gasteiger partial charge in [-0.3, -0.25) is 0 Å². The fraction of sp³-hybridized carbons (Fsp3) is 0.308. The number of rotatable bonds is 5. The van der Waals surface area contributed by atoms with Crippen LogP contribution in [0.2, 0.25) is 5.02 Å². The Morgan fingerprint density at radius 2 is 2.29 bits per heavy atom. The Labute approximate surface area is 106 Å². The Hall–Kier alpha value is -1.32. The zero-order valence-electron chi connectivity index (χ0n) is 9.69. The largest absolute Gasteiger partial charge is 0.364 e. The molecule has 0 aliphatic rings. The summed E-state index contributed by atoms with van der Waals surface area (Å²) in [5, 5.41) is 8.07. The molecule has 1 atom stereocenters. The van der Waals surface area contributed by atoms with Crippen molar-refractivity contribution in [2.45, 2.75) is 25.9 Å². The number of benzene rings is 1. The van der Waals surface area contributed by atoms with E-state index in [0.29, 0.717) is 6.54 Å². The molecule has 0 amide bonds. The van der Waals surface area contributed by atoms with E-state index >= 15 is 0 Å². The van der Waals surface area contributed by atoms with Crippen molar-refractivity contribution in [3.05, 3.63) is 52.9 Å². The van der Waals surface area contributed by atoms with E-state index in [-0.39, 0.29) is 6.04 Å². The molecular formula is C13H15ClN2O. The second kappa shape index (κ2) is 5.84. The van der Waals surface area contributed by atoms with Crippen LogP contribution >= 0.6 is 11.6 Å². The summed E-state index contributed by atoms with van der Waals surface area (Å²) in [7, 11) is 0. The lowest BCUT2D eigenvalue weighted by molar-refractivity contribution is 0.403. The van der Waals surface area contributed by atoms with Gasteiger partial charge < -0.3 is 9.84 Å². The molecule has 0 saturated carbocycles. The van der Waals surface area contributed by atoms with Gasteiger partial charge >= 0.3 is 0 Å². The third kappa shape index (κ3) is 3.32. The highest BCUT2D eigenvalue weighted by Gasteiger charge is 2.09. The van der Waals surface area contributed by atoms with Crippen LogP contribution in [-0.4, -0.2) is 5.16 Å². The van der Waals surface area contributed by atoms with Gasteiger partial charge in [0, 0.05) is 23.7 Å². The van der Waals surface area contributed by atoms with Gasteiger partial charge in [-0.1, -0.05) is 35.8 Å². The molecule has 1 heterocycles. The summed E-state index contributed by atoms with van der Waals surface area (Å²) >= 11 is 5.99. The molecule has 0 saturated heterocycles. The Bertz CT molecular complexity index is 456. The minimum absolute atomic E-state index is 0.283. The van der Waals surface area contributed by atoms with E-state index in [9.17, 15) is 0 Å². The van der Waals surface area contributed by atoms with E-state index in [1.807, 2.05) is 24.3 Å². The standard InChI is InChI=1S/C13H15ClN2O/c1-2-13(10-4-3-5-11(14)8-10)15-9-12-6-7-17-16-12/h3-8,13,15H,2,9H2,1H3. The zero-order chi connectivity index (χ0) is 12.1. The van der Waals surface area contributed by atoms with Gasteiger partial charge in [-0.2, -0.15) is 0 Å². The first-order valence-electron chi connectivity index (χ1n) is 5.67. The molecule has 1 aromatic carbocycles. The predicted octanol–water partition coefficient (Wildman–Crippen LogP) is 3.57. The Kier molecular flexibility index (Phi) is 4.18. The fourth-order valence-corrected chi connectivity index (χ4v) is 1.98. The molecule has 1 N–H and O–H groups in total. The smallest absolute Gasteiger partial charge is 0.124 e. The Balaban J connectivity index is 2.01. The predicted molar refractivity (Wildman–Crippen MR) is 67.8 cm³/mol. The van der Waals surface area contributed by atoms with Crippen LogP contribution in [0.4, 0.5) is 0 Å². The van der Waals surface area contributed by atoms with Crippen molar-refractivity contribution in [1.29, 1.82) is 0 Å². The molecule has 0 radical (unpaired) electrons. The summed E-state index contributed by atoms with van der Waals surface area (Å²) in [4.78, 5) is 0. The maximum atomic E-state index is 5.99. The van der Waals surface area contributed by atoms with Gasteiger partial charge in [0.2, 0.25) is 0 Å². The minimum atomic E-state index is 0.283. The molecule has 1 aromatic heterocycles. The number of nitrogens with one attached hydrogen (secondary N) is 1. The average molecular weight is 251 g/mol. The minimum Gasteiger partial charge on any atom is -0.364 e. The SMILES string of the molecule is CCC(NCc1ccon1)c1cccc(Cl)c1. The first kappa shape index (κ1) is 12.1. The maximum Gasteiger partial charge on any atom is 0.124 e. The molecule has 0 spiro atoms. The molecule has 4 heteroatoms. The van der Waals surface area contributed by atoms with Gasteiger partial charge in [-0.25, -0.2) is 0 Å². The molecule has 2 rings (SSSR count). The molecule has 0 aliphatic carbocycles. The van der Waals surface area contributed by atoms with Crippen molar-refractivity contribution in [3.8, 4) is 0 Å². The number of aromatic nitrogens is 1. The average Bonchev–Trinajstić information content (AvgIpc) is 2.83. The van der Waals surface area contributed by atoms with Crippen LogP contribution in [0.5, 0.6) is 0 Å². The van der Waals surface area contributed by atoms with Crippen molar-refractivity contribution in [1.82, 2.24) is 10.5 Å². The van der Waals surface area contributed by atoms with Gasteiger partial charge in [-0.15, -0.1) is 0 Å². The van der Waals surface area contributed by atoms with Gasteiger partial charge in [-0.05, 0) is 24.1 Å². The van der Waals surface area contributed by atoms with Crippen LogP contribution < -0.4 is 5.32 Å². The second-order valence-corrected chi connectivity index (χ2v) is 4.32. The lowest BCUT2D eigenvalue weighted by Gasteiger charge is -2.16. The van der Waals surface area contributed by atoms with Crippen LogP contribution in [0, 0.1) is 0 Å². The van der Waals surface area contributed by atoms with Crippen LogP contribution in [0.15, 0.2) is 41.1 Å². The molecule has 3 nitrogen and oxygen atoms in total. The van der Waals surface area contributed by atoms with Gasteiger partial charge in [0.25, 0.3) is 0 Å². The molecule has 17 heavy (non-hydrogen) atoms. The summed E-state index contributed by atoms with van der Waals surface area (Å²) < 4.78 is 4.79. The number of hydrogen-bond acceptors (Lipinski definition) is 3. The van der Waals surface area contributed by atoms with Gasteiger partial charge in [0.15, 0.2) is 0 Å². The molecule has 0 bridgehead atoms. The lowest BCUT2D eigenvalue weighted by atomic mass is 10.0. The highest BCUT2D eigenvalue weighted by Crippen LogP contribution is 2.20. The van der Waals surface area contributed by atoms with E-state index < -0.39 is 0 Å². The Morgan fingerprint density at radius 3 is 2.94 bits per heavy atom. The molecule has 0 fully saturated rings. The number of hydrogen-bond donors (Lipinski definition) is 1. The van der Waals surface area contributed by atoms with Crippen molar-refractivity contribution >= 4 is 11.6 Å². The summed E-state index contributed by atoms with van der Waals surface area (Å²) in [5.74, 6) is 0. The van der Waals surface area contributed by atoms with Crippen molar-refractivity contribution < 1.29 is 4.52 Å². The van der Waals surface area contributed by atoms with E-state index in [1.165, 1.54) is 5.56 Å². The van der Waals surface area contributed by atoms with Crippen molar-refractivity contribution in [3.63, 3.8) is 0 Å². The number of nitrogens with zero attached hydrogens (tertiary/aromatic N) is 1. The van der Waals surface area contributed by atoms with Crippen molar-refractivity contribution in [2.24, 2.45) is 0 Å². The summed E-state index contributed by atoms with van der Waals surface area (Å²) in [6.07, 6.45) is 2.58. The molecule has 1 unspecified atom stereocenters. The van der Waals surface area contributed by atoms with Gasteiger partial charge in [0.1, 0.15) is 6.26 Å². The summed E-state index contributed by atoms with van der Waals surface area (Å²) in [5.41, 5.74) is 2.11. The van der Waals surface area contributed by atoms with Crippen LogP contribution in [0.3, 0.4) is 0 Å². The fourth-order valence-electron chi connectivity index (χ4n) is 1.78. The van der Waals surface area contributed by atoms with E-state index in [0.717, 1.165) is 17.1 Å². The lowest BCUT2D eigenvalue weighted by Crippen LogP contribution is -2.20. The van der Waals surface area contributed by atoms with E-state index in [1.54, 1.807) is 6.26 Å². The molecule has 90 valence electrons. The van der Waals surface area contributed by atoms with Gasteiger partial charge in [0.05, 0.1) is 5.69 Å². The highest BCUT2D eigenvalue weighted by molar-refractivity contribution is 6.30. The third-order valence-corrected chi connectivity index (χ3v) is 2.92. The quantitative estimate of drug-likeness (QED) is 0.882. The zero-order valence-corrected chi connectivity index (χ0v) is 10.4. The normalized spacial score (nSPS) is 12.6. The van der Waals surface area contributed by atoms with Crippen molar-refractivity contribution in [2.75, 3.05) is 0 Å². The van der Waals surface area contributed by atoms with E-state index in [4.69, 9.17) is 16.1 Å².